The number of rotatable bonds is 7. The van der Waals surface area contributed by atoms with Gasteiger partial charge in [0.05, 0.1) is 10.7 Å². The molecule has 148 valence electrons. The van der Waals surface area contributed by atoms with E-state index in [2.05, 4.69) is 10.6 Å². The lowest BCUT2D eigenvalue weighted by Gasteiger charge is -2.13. The molecular formula is C22H18Cl2N2O3. The van der Waals surface area contributed by atoms with Gasteiger partial charge in [0.15, 0.2) is 5.75 Å². The van der Waals surface area contributed by atoms with Gasteiger partial charge in [-0.15, -0.1) is 0 Å². The molecule has 0 unspecified atom stereocenters. The van der Waals surface area contributed by atoms with Gasteiger partial charge in [-0.1, -0.05) is 47.5 Å². The molecule has 0 heterocycles. The molecule has 7 heteroatoms. The average Bonchev–Trinajstić information content (AvgIpc) is 2.71. The highest BCUT2D eigenvalue weighted by Gasteiger charge is 2.11. The number of anilines is 1. The minimum Gasteiger partial charge on any atom is -0.454 e. The Balaban J connectivity index is 1.55. The summed E-state index contributed by atoms with van der Waals surface area (Å²) in [5.74, 6) is 0.443. The maximum Gasteiger partial charge on any atom is 0.251 e. The Kier molecular flexibility index (Phi) is 7.11. The summed E-state index contributed by atoms with van der Waals surface area (Å²) in [5, 5.41) is 6.53. The van der Waals surface area contributed by atoms with Gasteiger partial charge in [0, 0.05) is 23.6 Å². The summed E-state index contributed by atoms with van der Waals surface area (Å²) in [6, 6.07) is 20.7. The predicted octanol–water partition coefficient (Wildman–Crippen LogP) is 5.54. The summed E-state index contributed by atoms with van der Waals surface area (Å²) in [4.78, 5) is 24.4. The van der Waals surface area contributed by atoms with Gasteiger partial charge in [-0.05, 0) is 48.5 Å². The predicted molar refractivity (Wildman–Crippen MR) is 115 cm³/mol. The second kappa shape index (κ2) is 9.96. The Morgan fingerprint density at radius 1 is 0.828 bits per heavy atom. The lowest BCUT2D eigenvalue weighted by Crippen LogP contribution is -2.27. The standard InChI is InChI=1S/C22H18Cl2N2O3/c23-16-11-9-15(10-12-16)22(28)25-14-13-21(27)26-18-6-2-4-8-20(18)29-19-7-3-1-5-17(19)24/h1-12H,13-14H2,(H,25,28)(H,26,27). The molecule has 0 aliphatic carbocycles. The zero-order chi connectivity index (χ0) is 20.6. The summed E-state index contributed by atoms with van der Waals surface area (Å²) in [6.07, 6.45) is 0.111. The second-order valence-electron chi connectivity index (χ2n) is 6.09. The normalized spacial score (nSPS) is 10.3. The third-order valence-electron chi connectivity index (χ3n) is 3.96. The van der Waals surface area contributed by atoms with E-state index in [1.54, 1.807) is 66.7 Å². The van der Waals surface area contributed by atoms with Crippen LogP contribution in [0.4, 0.5) is 5.69 Å². The molecule has 0 aliphatic rings. The summed E-state index contributed by atoms with van der Waals surface area (Å²) in [7, 11) is 0. The molecule has 3 rings (SSSR count). The Hall–Kier alpha value is -3.02. The van der Waals surface area contributed by atoms with Gasteiger partial charge < -0.3 is 15.4 Å². The molecular weight excluding hydrogens is 411 g/mol. The first-order chi connectivity index (χ1) is 14.0. The summed E-state index contributed by atoms with van der Waals surface area (Å²) in [5.41, 5.74) is 0.995. The van der Waals surface area contributed by atoms with Crippen LogP contribution in [-0.4, -0.2) is 18.4 Å². The van der Waals surface area contributed by atoms with Crippen molar-refractivity contribution in [3.8, 4) is 11.5 Å². The summed E-state index contributed by atoms with van der Waals surface area (Å²) < 4.78 is 5.82. The summed E-state index contributed by atoms with van der Waals surface area (Å²) >= 11 is 11.9. The average molecular weight is 429 g/mol. The van der Waals surface area contributed by atoms with Crippen molar-refractivity contribution in [3.05, 3.63) is 88.4 Å². The van der Waals surface area contributed by atoms with Crippen LogP contribution >= 0.6 is 23.2 Å². The molecule has 0 spiro atoms. The smallest absolute Gasteiger partial charge is 0.251 e. The maximum absolute atomic E-state index is 12.3. The topological polar surface area (TPSA) is 67.4 Å². The molecule has 2 N–H and O–H groups in total. The fourth-order valence-corrected chi connectivity index (χ4v) is 2.81. The van der Waals surface area contributed by atoms with E-state index in [4.69, 9.17) is 27.9 Å². The van der Waals surface area contributed by atoms with Crippen LogP contribution in [0.2, 0.25) is 10.0 Å². The Morgan fingerprint density at radius 2 is 1.48 bits per heavy atom. The largest absolute Gasteiger partial charge is 0.454 e. The van der Waals surface area contributed by atoms with Crippen molar-refractivity contribution in [1.82, 2.24) is 5.32 Å². The number of hydrogen-bond acceptors (Lipinski definition) is 3. The van der Waals surface area contributed by atoms with Gasteiger partial charge in [-0.3, -0.25) is 9.59 Å². The van der Waals surface area contributed by atoms with Crippen LogP contribution in [0.15, 0.2) is 72.8 Å². The van der Waals surface area contributed by atoms with Gasteiger partial charge in [0.25, 0.3) is 5.91 Å². The number of hydrogen-bond donors (Lipinski definition) is 2. The number of carbonyl (C=O) groups is 2. The molecule has 0 atom stereocenters. The molecule has 2 amide bonds. The molecule has 0 aromatic heterocycles. The van der Waals surface area contributed by atoms with Crippen LogP contribution in [-0.2, 0) is 4.79 Å². The van der Waals surface area contributed by atoms with E-state index in [9.17, 15) is 9.59 Å². The van der Waals surface area contributed by atoms with Gasteiger partial charge >= 0.3 is 0 Å². The lowest BCUT2D eigenvalue weighted by atomic mass is 10.2. The fourth-order valence-electron chi connectivity index (χ4n) is 2.51. The third-order valence-corrected chi connectivity index (χ3v) is 4.53. The molecule has 0 saturated heterocycles. The van der Waals surface area contributed by atoms with Gasteiger partial charge in [0.1, 0.15) is 5.75 Å². The van der Waals surface area contributed by atoms with Crippen molar-refractivity contribution < 1.29 is 14.3 Å². The third kappa shape index (κ3) is 5.98. The minimum absolute atomic E-state index is 0.111. The Bertz CT molecular complexity index is 1010. The van der Waals surface area contributed by atoms with E-state index in [-0.39, 0.29) is 24.8 Å². The van der Waals surface area contributed by atoms with Gasteiger partial charge in [0.2, 0.25) is 5.91 Å². The van der Waals surface area contributed by atoms with Crippen molar-refractivity contribution in [2.24, 2.45) is 0 Å². The molecule has 3 aromatic carbocycles. The number of ether oxygens (including phenoxy) is 1. The van der Waals surface area contributed by atoms with Crippen molar-refractivity contribution >= 4 is 40.7 Å². The van der Waals surface area contributed by atoms with Crippen LogP contribution in [0.25, 0.3) is 0 Å². The van der Waals surface area contributed by atoms with E-state index in [0.29, 0.717) is 32.8 Å². The highest BCUT2D eigenvalue weighted by molar-refractivity contribution is 6.32. The van der Waals surface area contributed by atoms with Crippen LogP contribution in [0.3, 0.4) is 0 Å². The molecule has 0 aliphatic heterocycles. The lowest BCUT2D eigenvalue weighted by molar-refractivity contribution is -0.116. The number of carbonyl (C=O) groups excluding carboxylic acids is 2. The van der Waals surface area contributed by atoms with Crippen molar-refractivity contribution in [2.45, 2.75) is 6.42 Å². The molecule has 0 bridgehead atoms. The minimum atomic E-state index is -0.267. The fraction of sp³-hybridized carbons (Fsp3) is 0.0909. The number of amides is 2. The molecule has 29 heavy (non-hydrogen) atoms. The van der Waals surface area contributed by atoms with Crippen molar-refractivity contribution in [3.63, 3.8) is 0 Å². The molecule has 0 radical (unpaired) electrons. The van der Waals surface area contributed by atoms with E-state index in [1.165, 1.54) is 0 Å². The highest BCUT2D eigenvalue weighted by atomic mass is 35.5. The van der Waals surface area contributed by atoms with Crippen LogP contribution in [0, 0.1) is 0 Å². The number of para-hydroxylation sites is 3. The first-order valence-corrected chi connectivity index (χ1v) is 9.63. The van der Waals surface area contributed by atoms with E-state index in [1.807, 2.05) is 6.07 Å². The maximum atomic E-state index is 12.3. The highest BCUT2D eigenvalue weighted by Crippen LogP contribution is 2.33. The van der Waals surface area contributed by atoms with Gasteiger partial charge in [-0.2, -0.15) is 0 Å². The van der Waals surface area contributed by atoms with E-state index < -0.39 is 0 Å². The molecule has 0 fully saturated rings. The molecule has 5 nitrogen and oxygen atoms in total. The molecule has 3 aromatic rings. The number of halogens is 2. The number of nitrogens with one attached hydrogen (secondary N) is 2. The van der Waals surface area contributed by atoms with Crippen molar-refractivity contribution in [1.29, 1.82) is 0 Å². The Labute approximate surface area is 178 Å². The van der Waals surface area contributed by atoms with Crippen molar-refractivity contribution in [2.75, 3.05) is 11.9 Å². The van der Waals surface area contributed by atoms with Gasteiger partial charge in [-0.25, -0.2) is 0 Å². The zero-order valence-electron chi connectivity index (χ0n) is 15.3. The monoisotopic (exact) mass is 428 g/mol. The quantitative estimate of drug-likeness (QED) is 0.518. The second-order valence-corrected chi connectivity index (χ2v) is 6.93. The number of benzene rings is 3. The zero-order valence-corrected chi connectivity index (χ0v) is 16.8. The Morgan fingerprint density at radius 3 is 2.21 bits per heavy atom. The first-order valence-electron chi connectivity index (χ1n) is 8.88. The van der Waals surface area contributed by atoms with E-state index in [0.717, 1.165) is 0 Å². The first kappa shape index (κ1) is 20.7. The SMILES string of the molecule is O=C(CCNC(=O)c1ccc(Cl)cc1)Nc1ccccc1Oc1ccccc1Cl. The molecule has 0 saturated carbocycles. The van der Waals surface area contributed by atoms with Crippen LogP contribution in [0.5, 0.6) is 11.5 Å². The summed E-state index contributed by atoms with van der Waals surface area (Å²) in [6.45, 7) is 0.195. The van der Waals surface area contributed by atoms with Crippen LogP contribution in [0.1, 0.15) is 16.8 Å². The van der Waals surface area contributed by atoms with Crippen LogP contribution < -0.4 is 15.4 Å². The van der Waals surface area contributed by atoms with E-state index >= 15 is 0 Å².